The van der Waals surface area contributed by atoms with Gasteiger partial charge >= 0.3 is 18.6 Å². The van der Waals surface area contributed by atoms with E-state index in [-0.39, 0.29) is 50.4 Å². The van der Waals surface area contributed by atoms with Crippen LogP contribution in [0.1, 0.15) is 64.9 Å². The summed E-state index contributed by atoms with van der Waals surface area (Å²) in [5.41, 5.74) is 1.21. The highest BCUT2D eigenvalue weighted by atomic mass is 35.5. The van der Waals surface area contributed by atoms with Crippen LogP contribution in [0.5, 0.6) is 11.5 Å². The average molecular weight is 831 g/mol. The topological polar surface area (TPSA) is 133 Å². The number of sulfonamides is 1. The van der Waals surface area contributed by atoms with Crippen LogP contribution >= 0.6 is 23.2 Å². The molecule has 4 aromatic rings. The van der Waals surface area contributed by atoms with Crippen LogP contribution < -0.4 is 14.2 Å². The number of carbonyl (C=O) groups excluding carboxylic acids is 2. The van der Waals surface area contributed by atoms with Gasteiger partial charge in [0.2, 0.25) is 10.0 Å². The Labute approximate surface area is 333 Å². The Morgan fingerprint density at radius 2 is 1.59 bits per heavy atom. The summed E-state index contributed by atoms with van der Waals surface area (Å²) >= 11 is 12.9. The van der Waals surface area contributed by atoms with Gasteiger partial charge in [-0.25, -0.2) is 18.0 Å². The van der Waals surface area contributed by atoms with Gasteiger partial charge in [0.25, 0.3) is 0 Å². The van der Waals surface area contributed by atoms with Crippen molar-refractivity contribution < 1.29 is 45.7 Å². The normalized spacial score (nSPS) is 20.3. The molecule has 0 spiro atoms. The van der Waals surface area contributed by atoms with Gasteiger partial charge in [0, 0.05) is 25.4 Å². The smallest absolute Gasteiger partial charge is 0.387 e. The first kappa shape index (κ1) is 39.9. The molecule has 296 valence electrons. The van der Waals surface area contributed by atoms with E-state index in [0.717, 1.165) is 38.8 Å². The highest BCUT2D eigenvalue weighted by Crippen LogP contribution is 2.38. The highest BCUT2D eigenvalue weighted by molar-refractivity contribution is 7.89. The Morgan fingerprint density at radius 1 is 0.893 bits per heavy atom. The molecule has 3 atom stereocenters. The van der Waals surface area contributed by atoms with Crippen LogP contribution in [0.2, 0.25) is 10.0 Å². The fourth-order valence-corrected chi connectivity index (χ4v) is 8.61. The number of rotatable bonds is 16. The maximum atomic E-state index is 13.7. The van der Waals surface area contributed by atoms with Crippen molar-refractivity contribution >= 4 is 45.2 Å². The van der Waals surface area contributed by atoms with Crippen molar-refractivity contribution in [3.05, 3.63) is 117 Å². The van der Waals surface area contributed by atoms with Gasteiger partial charge in [-0.2, -0.15) is 13.5 Å². The number of hydrogen-bond acceptors (Lipinski definition) is 10. The van der Waals surface area contributed by atoms with Crippen molar-refractivity contribution in [3.8, 4) is 11.5 Å². The number of carbonyl (C=O) groups is 2. The molecule has 3 aliphatic heterocycles. The third-order valence-corrected chi connectivity index (χ3v) is 12.3. The Kier molecular flexibility index (Phi) is 12.4. The molecule has 1 N–H and O–H groups in total. The molecule has 1 aliphatic carbocycles. The number of halogens is 4. The summed E-state index contributed by atoms with van der Waals surface area (Å²) in [6, 6.07) is 16.4. The predicted molar refractivity (Wildman–Crippen MR) is 202 cm³/mol. The quantitative estimate of drug-likeness (QED) is 0.113. The Hall–Kier alpha value is -4.34. The molecule has 56 heavy (non-hydrogen) atoms. The monoisotopic (exact) mass is 829 g/mol. The molecule has 0 amide bonds. The number of aromatic nitrogens is 1. The van der Waals surface area contributed by atoms with E-state index in [4.69, 9.17) is 37.4 Å². The second-order valence-electron chi connectivity index (χ2n) is 14.1. The van der Waals surface area contributed by atoms with Crippen LogP contribution in [0.25, 0.3) is 0 Å². The van der Waals surface area contributed by atoms with Crippen LogP contribution in [0.15, 0.2) is 90.1 Å². The second-order valence-corrected chi connectivity index (χ2v) is 16.6. The number of ether oxygens (including phenoxy) is 4. The molecule has 0 radical (unpaired) electrons. The van der Waals surface area contributed by atoms with Crippen molar-refractivity contribution in [2.45, 2.75) is 61.9 Å². The minimum absolute atomic E-state index is 0.00473. The van der Waals surface area contributed by atoms with E-state index in [2.05, 4.69) is 19.3 Å². The number of alkyl halides is 2. The van der Waals surface area contributed by atoms with Gasteiger partial charge in [0.15, 0.2) is 11.5 Å². The summed E-state index contributed by atoms with van der Waals surface area (Å²) < 4.78 is 78.9. The van der Waals surface area contributed by atoms with Gasteiger partial charge < -0.3 is 18.9 Å². The first-order valence-corrected chi connectivity index (χ1v) is 20.5. The number of fused-ring (bicyclic) bond motifs is 3. The van der Waals surface area contributed by atoms with Crippen molar-refractivity contribution in [2.24, 2.45) is 11.8 Å². The second kappa shape index (κ2) is 17.4. The van der Waals surface area contributed by atoms with Crippen molar-refractivity contribution in [2.75, 3.05) is 26.2 Å². The molecule has 8 rings (SSSR count). The third-order valence-electron chi connectivity index (χ3n) is 10.2. The maximum Gasteiger partial charge on any atom is 0.387 e. The van der Waals surface area contributed by atoms with Gasteiger partial charge in [-0.1, -0.05) is 59.6 Å². The van der Waals surface area contributed by atoms with Crippen LogP contribution in [0.4, 0.5) is 8.78 Å². The lowest BCUT2D eigenvalue weighted by Gasteiger charge is -2.44. The molecular weight excluding hydrogens is 791 g/mol. The van der Waals surface area contributed by atoms with E-state index < -0.39 is 40.7 Å². The molecule has 1 aromatic heterocycles. The Balaban J connectivity index is 1.10. The zero-order chi connectivity index (χ0) is 39.4. The number of esters is 2. The molecule has 11 nitrogen and oxygen atoms in total. The van der Waals surface area contributed by atoms with E-state index in [1.54, 1.807) is 30.3 Å². The number of pyridine rings is 1. The van der Waals surface area contributed by atoms with Crippen molar-refractivity contribution in [1.29, 1.82) is 0 Å². The fourth-order valence-electron chi connectivity index (χ4n) is 6.92. The molecule has 2 bridgehead atoms. The molecule has 1 saturated carbocycles. The zero-order valence-electron chi connectivity index (χ0n) is 30.0. The molecule has 4 aliphatic rings. The number of hydrogen-bond donors (Lipinski definition) is 1. The Bertz CT molecular complexity index is 2120. The summed E-state index contributed by atoms with van der Waals surface area (Å²) in [5, 5.41) is 0.426. The molecule has 3 saturated heterocycles. The van der Waals surface area contributed by atoms with E-state index >= 15 is 0 Å². The first-order chi connectivity index (χ1) is 26.9. The Morgan fingerprint density at radius 3 is 2.21 bits per heavy atom. The maximum absolute atomic E-state index is 13.7. The van der Waals surface area contributed by atoms with Gasteiger partial charge in [0.05, 0.1) is 27.1 Å². The lowest BCUT2D eigenvalue weighted by atomic mass is 9.86. The van der Waals surface area contributed by atoms with Gasteiger partial charge in [-0.15, -0.1) is 0 Å². The van der Waals surface area contributed by atoms with E-state index in [1.807, 2.05) is 0 Å². The SMILES string of the molecule is O=C(O[C@@H](Cc1c(Cl)cncc1Cl)c1ccc(OC(F)F)c(OCC2CC2)c1)c1ccc(S(=O)(=O)NC(C(=O)O[C@H]2CN3CCC2CC3)c2ccccc2)cc1. The molecule has 4 fully saturated rings. The van der Waals surface area contributed by atoms with E-state index in [0.29, 0.717) is 35.8 Å². The van der Waals surface area contributed by atoms with Crippen molar-refractivity contribution in [3.63, 3.8) is 0 Å². The van der Waals surface area contributed by atoms with Crippen LogP contribution in [-0.4, -0.2) is 69.2 Å². The number of nitrogens with one attached hydrogen (secondary N) is 1. The summed E-state index contributed by atoms with van der Waals surface area (Å²) in [7, 11) is -4.32. The fraction of sp³-hybridized carbons (Fsp3) is 0.375. The molecule has 1 unspecified atom stereocenters. The standard InChI is InChI=1S/C40H39Cl2F2N3O8S/c41-31-20-45-21-32(42)30(31)19-34(28-10-13-33(55-40(43)44)35(18-28)52-23-24-6-7-24)53-38(48)27-8-11-29(12-9-27)56(50,51)46-37(26-4-2-1-3-5-26)39(49)54-36-22-47-16-14-25(36)15-17-47/h1-5,8-13,18,20-21,24-25,34,36-37,40,46H,6-7,14-17,19,22-23H2/t34-,36-,37?/m0/s1. The number of nitrogens with zero attached hydrogens (tertiary/aromatic N) is 2. The van der Waals surface area contributed by atoms with Crippen LogP contribution in [-0.2, 0) is 30.7 Å². The zero-order valence-corrected chi connectivity index (χ0v) is 32.3. The summed E-state index contributed by atoms with van der Waals surface area (Å²) in [6.45, 7) is -0.283. The molecule has 16 heteroatoms. The lowest BCUT2D eigenvalue weighted by Crippen LogP contribution is -2.52. The van der Waals surface area contributed by atoms with E-state index in [1.165, 1.54) is 54.9 Å². The van der Waals surface area contributed by atoms with Crippen molar-refractivity contribution in [1.82, 2.24) is 14.6 Å². The summed E-state index contributed by atoms with van der Waals surface area (Å²) in [4.78, 5) is 33.3. The summed E-state index contributed by atoms with van der Waals surface area (Å²) in [5.74, 6) is -1.13. The predicted octanol–water partition coefficient (Wildman–Crippen LogP) is 7.58. The molecule has 3 aromatic carbocycles. The van der Waals surface area contributed by atoms with Gasteiger partial charge in [-0.3, -0.25) is 9.88 Å². The van der Waals surface area contributed by atoms with Gasteiger partial charge in [-0.05, 0) is 104 Å². The number of piperidine rings is 3. The average Bonchev–Trinajstić information content (AvgIpc) is 4.03. The highest BCUT2D eigenvalue weighted by Gasteiger charge is 2.39. The largest absolute Gasteiger partial charge is 0.489 e. The molecule has 4 heterocycles. The summed E-state index contributed by atoms with van der Waals surface area (Å²) in [6.07, 6.45) is 5.10. The van der Waals surface area contributed by atoms with E-state index in [9.17, 15) is 26.8 Å². The third kappa shape index (κ3) is 9.78. The van der Waals surface area contributed by atoms with Crippen LogP contribution in [0.3, 0.4) is 0 Å². The minimum atomic E-state index is -4.32. The first-order valence-electron chi connectivity index (χ1n) is 18.2. The van der Waals surface area contributed by atoms with Crippen LogP contribution in [0, 0.1) is 11.8 Å². The van der Waals surface area contributed by atoms with Gasteiger partial charge in [0.1, 0.15) is 18.2 Å². The number of benzene rings is 3. The lowest BCUT2D eigenvalue weighted by molar-refractivity contribution is -0.161. The minimum Gasteiger partial charge on any atom is -0.489 e. The molecular formula is C40H39Cl2F2N3O8S.